The molecule has 0 aliphatic carbocycles. The van der Waals surface area contributed by atoms with Gasteiger partial charge in [0, 0.05) is 5.56 Å². The largest absolute Gasteiger partial charge is 0.382 e. The van der Waals surface area contributed by atoms with Crippen LogP contribution < -0.4 is 10.8 Å². The summed E-state index contributed by atoms with van der Waals surface area (Å²) in [5, 5.41) is 26.0. The minimum Gasteiger partial charge on any atom is -0.382 e. The Bertz CT molecular complexity index is 845. The molecule has 2 rings (SSSR count). The van der Waals surface area contributed by atoms with Crippen molar-refractivity contribution in [3.8, 4) is 11.5 Å². The predicted octanol–water partition coefficient (Wildman–Crippen LogP) is 2.47. The van der Waals surface area contributed by atoms with E-state index in [1.165, 1.54) is 5.48 Å². The Kier molecular flexibility index (Phi) is 7.69. The highest BCUT2D eigenvalue weighted by Crippen LogP contribution is 2.33. The van der Waals surface area contributed by atoms with E-state index in [9.17, 15) is 14.7 Å². The monoisotopic (exact) mass is 418 g/mol. The van der Waals surface area contributed by atoms with Crippen LogP contribution in [0.5, 0.6) is 0 Å². The number of carbonyl (C=O) groups is 2. The fourth-order valence-electron chi connectivity index (χ4n) is 3.10. The summed E-state index contributed by atoms with van der Waals surface area (Å²) in [5.41, 5.74) is 1.67. The van der Waals surface area contributed by atoms with E-state index in [1.807, 2.05) is 65.0 Å². The Labute approximate surface area is 175 Å². The van der Waals surface area contributed by atoms with Gasteiger partial charge >= 0.3 is 0 Å². The summed E-state index contributed by atoms with van der Waals surface area (Å²) in [5.74, 6) is -1.97. The number of nitrogens with one attached hydrogen (secondary N) is 2. The quantitative estimate of drug-likeness (QED) is 0.382. The van der Waals surface area contributed by atoms with Gasteiger partial charge in [-0.25, -0.2) is 5.48 Å². The number of aliphatic hydroxyl groups is 1. The third-order valence-corrected chi connectivity index (χ3v) is 4.70. The lowest BCUT2D eigenvalue weighted by Crippen LogP contribution is -2.48. The van der Waals surface area contributed by atoms with E-state index < -0.39 is 35.3 Å². The van der Waals surface area contributed by atoms with Crippen molar-refractivity contribution in [2.75, 3.05) is 0 Å². The zero-order chi connectivity index (χ0) is 22.5. The summed E-state index contributed by atoms with van der Waals surface area (Å²) in [4.78, 5) is 29.2. The van der Waals surface area contributed by atoms with Crippen molar-refractivity contribution >= 4 is 11.8 Å². The van der Waals surface area contributed by atoms with Crippen molar-refractivity contribution in [3.05, 3.63) is 36.2 Å². The maximum atomic E-state index is 13.0. The Balaban J connectivity index is 2.30. The van der Waals surface area contributed by atoms with Crippen molar-refractivity contribution in [2.45, 2.75) is 53.2 Å². The molecule has 1 aromatic carbocycles. The fourth-order valence-corrected chi connectivity index (χ4v) is 3.10. The molecule has 9 heteroatoms. The average Bonchev–Trinajstić information content (AvgIpc) is 3.18. The van der Waals surface area contributed by atoms with E-state index in [4.69, 9.17) is 9.73 Å². The van der Waals surface area contributed by atoms with Crippen molar-refractivity contribution in [2.24, 2.45) is 17.3 Å². The lowest BCUT2D eigenvalue weighted by Gasteiger charge is -2.31. The molecule has 0 spiro atoms. The molecule has 1 unspecified atom stereocenters. The molecule has 0 saturated heterocycles. The number of carbonyl (C=O) groups excluding carboxylic acids is 2. The summed E-state index contributed by atoms with van der Waals surface area (Å²) in [6, 6.07) is 8.63. The van der Waals surface area contributed by atoms with Gasteiger partial charge in [0.2, 0.25) is 5.91 Å². The van der Waals surface area contributed by atoms with E-state index in [0.29, 0.717) is 11.7 Å². The van der Waals surface area contributed by atoms with Gasteiger partial charge in [0.05, 0.1) is 12.0 Å². The van der Waals surface area contributed by atoms with Crippen molar-refractivity contribution in [3.63, 3.8) is 0 Å². The summed E-state index contributed by atoms with van der Waals surface area (Å²) >= 11 is 0. The van der Waals surface area contributed by atoms with Crippen LogP contribution in [0.3, 0.4) is 0 Å². The van der Waals surface area contributed by atoms with Gasteiger partial charge in [0.25, 0.3) is 11.8 Å². The summed E-state index contributed by atoms with van der Waals surface area (Å²) in [6.45, 7) is 9.47. The van der Waals surface area contributed by atoms with Gasteiger partial charge in [0.1, 0.15) is 6.10 Å². The third-order valence-electron chi connectivity index (χ3n) is 4.70. The highest BCUT2D eigenvalue weighted by atomic mass is 16.5. The topological polar surface area (TPSA) is 138 Å². The molecule has 2 amide bonds. The maximum absolute atomic E-state index is 13.0. The first kappa shape index (κ1) is 23.5. The average molecular weight is 418 g/mol. The van der Waals surface area contributed by atoms with E-state index in [1.54, 1.807) is 0 Å². The molecule has 0 saturated carbocycles. The van der Waals surface area contributed by atoms with E-state index in [2.05, 4.69) is 15.5 Å². The first-order chi connectivity index (χ1) is 14.0. The van der Waals surface area contributed by atoms with Gasteiger partial charge < -0.3 is 14.9 Å². The van der Waals surface area contributed by atoms with Crippen LogP contribution in [0.2, 0.25) is 0 Å². The van der Waals surface area contributed by atoms with Crippen LogP contribution in [0.1, 0.15) is 52.9 Å². The molecule has 0 aliphatic heterocycles. The van der Waals surface area contributed by atoms with E-state index in [-0.39, 0.29) is 12.3 Å². The van der Waals surface area contributed by atoms with Gasteiger partial charge in [-0.15, -0.1) is 0 Å². The molecule has 2 aromatic rings. The van der Waals surface area contributed by atoms with Crippen molar-refractivity contribution in [1.82, 2.24) is 20.9 Å². The smallest absolute Gasteiger partial charge is 0.272 e. The summed E-state index contributed by atoms with van der Waals surface area (Å²) in [6.07, 6.45) is -1.44. The summed E-state index contributed by atoms with van der Waals surface area (Å²) in [7, 11) is 0. The highest BCUT2D eigenvalue weighted by Gasteiger charge is 2.38. The number of hydroxylamine groups is 1. The predicted molar refractivity (Wildman–Crippen MR) is 109 cm³/mol. The zero-order valence-corrected chi connectivity index (χ0v) is 17.9. The van der Waals surface area contributed by atoms with Crippen LogP contribution >= 0.6 is 0 Å². The van der Waals surface area contributed by atoms with Gasteiger partial charge in [-0.3, -0.25) is 14.8 Å². The first-order valence-electron chi connectivity index (χ1n) is 9.86. The second-order valence-corrected chi connectivity index (χ2v) is 8.79. The molecule has 1 aromatic heterocycles. The molecule has 0 bridgehead atoms. The second kappa shape index (κ2) is 9.82. The highest BCUT2D eigenvalue weighted by molar-refractivity contribution is 5.88. The Morgan fingerprint density at radius 2 is 1.77 bits per heavy atom. The number of hydrogen-bond acceptors (Lipinski definition) is 7. The van der Waals surface area contributed by atoms with Crippen LogP contribution in [0.4, 0.5) is 0 Å². The van der Waals surface area contributed by atoms with Gasteiger partial charge in [-0.1, -0.05) is 58.0 Å². The van der Waals surface area contributed by atoms with Crippen LogP contribution in [0.15, 0.2) is 34.9 Å². The standard InChI is InChI=1S/C21H30N4O5/c1-12(2)11-14(15(26)19(28)24-29)18(27)22-16(21(3,4)5)17-23-20(30-25-17)13-9-7-6-8-10-13/h6-10,12,14-16,26,29H,11H2,1-5H3,(H,22,27)(H,24,28)/t14?,15-,16+/m0/s1. The normalized spacial score (nSPS) is 14.8. The molecule has 30 heavy (non-hydrogen) atoms. The Morgan fingerprint density at radius 3 is 2.30 bits per heavy atom. The Hall–Kier alpha value is -2.78. The molecular weight excluding hydrogens is 388 g/mol. The van der Waals surface area contributed by atoms with Crippen LogP contribution in [0.25, 0.3) is 11.5 Å². The molecule has 1 heterocycles. The number of amides is 2. The SMILES string of the molecule is CC(C)CC(C(=O)N[C@H](c1noc(-c2ccccc2)n1)C(C)(C)C)[C@H](O)C(=O)NO. The zero-order valence-electron chi connectivity index (χ0n) is 17.9. The minimum absolute atomic E-state index is 0.0323. The molecule has 9 nitrogen and oxygen atoms in total. The van der Waals surface area contributed by atoms with Gasteiger partial charge in [0.15, 0.2) is 5.82 Å². The molecule has 164 valence electrons. The minimum atomic E-state index is -1.69. The van der Waals surface area contributed by atoms with Crippen LogP contribution in [-0.4, -0.2) is 38.4 Å². The number of hydrogen-bond donors (Lipinski definition) is 4. The molecule has 0 radical (unpaired) electrons. The van der Waals surface area contributed by atoms with Crippen molar-refractivity contribution in [1.29, 1.82) is 0 Å². The van der Waals surface area contributed by atoms with Crippen LogP contribution in [-0.2, 0) is 9.59 Å². The van der Waals surface area contributed by atoms with Gasteiger partial charge in [-0.2, -0.15) is 4.98 Å². The first-order valence-corrected chi connectivity index (χ1v) is 9.86. The second-order valence-electron chi connectivity index (χ2n) is 8.79. The van der Waals surface area contributed by atoms with Crippen LogP contribution in [0, 0.1) is 17.3 Å². The number of aromatic nitrogens is 2. The number of aliphatic hydroxyl groups excluding tert-OH is 1. The fraction of sp³-hybridized carbons (Fsp3) is 0.524. The molecule has 0 aliphatic rings. The number of rotatable bonds is 8. The molecule has 3 atom stereocenters. The lowest BCUT2D eigenvalue weighted by atomic mass is 9.84. The Morgan fingerprint density at radius 1 is 1.13 bits per heavy atom. The van der Waals surface area contributed by atoms with E-state index in [0.717, 1.165) is 5.56 Å². The summed E-state index contributed by atoms with van der Waals surface area (Å²) < 4.78 is 5.38. The molecule has 0 fully saturated rings. The lowest BCUT2D eigenvalue weighted by molar-refractivity contribution is -0.147. The van der Waals surface area contributed by atoms with Gasteiger partial charge in [-0.05, 0) is 29.9 Å². The number of benzene rings is 1. The van der Waals surface area contributed by atoms with E-state index >= 15 is 0 Å². The molecule has 4 N–H and O–H groups in total. The maximum Gasteiger partial charge on any atom is 0.272 e. The third kappa shape index (κ3) is 5.87. The number of nitrogens with zero attached hydrogens (tertiary/aromatic N) is 2. The molecular formula is C21H30N4O5. The van der Waals surface area contributed by atoms with Crippen molar-refractivity contribution < 1.29 is 24.4 Å².